The average molecular weight is 547 g/mol. The molecule has 210 valence electrons. The van der Waals surface area contributed by atoms with Crippen molar-refractivity contribution in [3.8, 4) is 0 Å². The second kappa shape index (κ2) is 10.8. The van der Waals surface area contributed by atoms with Crippen molar-refractivity contribution in [3.05, 3.63) is 63.3 Å². The topological polar surface area (TPSA) is 76.9 Å². The van der Waals surface area contributed by atoms with Gasteiger partial charge in [0.25, 0.3) is 5.56 Å². The number of halogens is 3. The Labute approximate surface area is 224 Å². The summed E-state index contributed by atoms with van der Waals surface area (Å²) in [6.07, 6.45) is 0.126. The highest BCUT2D eigenvalue weighted by molar-refractivity contribution is 5.80. The third kappa shape index (κ3) is 5.68. The van der Waals surface area contributed by atoms with Gasteiger partial charge in [-0.25, -0.2) is 0 Å². The number of hydrogen-bond acceptors (Lipinski definition) is 7. The summed E-state index contributed by atoms with van der Waals surface area (Å²) >= 11 is 0. The molecule has 1 aliphatic carbocycles. The zero-order valence-electron chi connectivity index (χ0n) is 21.7. The van der Waals surface area contributed by atoms with Crippen LogP contribution in [-0.2, 0) is 40.0 Å². The van der Waals surface area contributed by atoms with E-state index in [1.54, 1.807) is 6.20 Å². The first-order chi connectivity index (χ1) is 18.7. The predicted octanol–water partition coefficient (Wildman–Crippen LogP) is 2.83. The molecule has 0 spiro atoms. The molecule has 0 radical (unpaired) electrons. The first kappa shape index (κ1) is 26.6. The van der Waals surface area contributed by atoms with Gasteiger partial charge in [-0.1, -0.05) is 6.07 Å². The monoisotopic (exact) mass is 546 g/mol. The van der Waals surface area contributed by atoms with Crippen molar-refractivity contribution in [2.45, 2.75) is 63.2 Å². The van der Waals surface area contributed by atoms with E-state index in [4.69, 9.17) is 9.47 Å². The maximum atomic E-state index is 13.3. The number of Topliss-reactive ketones (excluding diaryl/α,β-unsaturated/α-hetero) is 1. The van der Waals surface area contributed by atoms with Gasteiger partial charge in [-0.2, -0.15) is 13.2 Å². The molecule has 11 heteroatoms. The molecular formula is C28H33F3N4O4. The molecule has 3 unspecified atom stereocenters. The van der Waals surface area contributed by atoms with Crippen molar-refractivity contribution in [2.75, 3.05) is 39.4 Å². The lowest BCUT2D eigenvalue weighted by molar-refractivity contribution is -0.138. The number of alkyl halides is 3. The number of ether oxygens (including phenoxy) is 2. The van der Waals surface area contributed by atoms with E-state index in [0.717, 1.165) is 50.7 Å². The highest BCUT2D eigenvalue weighted by Gasteiger charge is 2.41. The maximum absolute atomic E-state index is 13.3. The molecule has 2 aromatic heterocycles. The largest absolute Gasteiger partial charge is 0.416 e. The fourth-order valence-corrected chi connectivity index (χ4v) is 6.54. The van der Waals surface area contributed by atoms with Gasteiger partial charge in [-0.05, 0) is 37.0 Å². The van der Waals surface area contributed by atoms with Crippen molar-refractivity contribution >= 4 is 5.78 Å². The lowest BCUT2D eigenvalue weighted by atomic mass is 9.98. The number of carbonyl (C=O) groups excluding carboxylic acids is 1. The summed E-state index contributed by atoms with van der Waals surface area (Å²) in [4.78, 5) is 34.3. The normalized spacial score (nSPS) is 27.6. The Morgan fingerprint density at radius 1 is 1.18 bits per heavy atom. The van der Waals surface area contributed by atoms with E-state index >= 15 is 0 Å². The minimum Gasteiger partial charge on any atom is -0.380 e. The number of ketones is 1. The Hall–Kier alpha value is -2.60. The van der Waals surface area contributed by atoms with Crippen LogP contribution in [0.15, 0.2) is 35.3 Å². The number of rotatable bonds is 7. The smallest absolute Gasteiger partial charge is 0.380 e. The Balaban J connectivity index is 1.12. The molecule has 0 bridgehead atoms. The molecule has 2 saturated heterocycles. The molecule has 6 rings (SSSR count). The predicted molar refractivity (Wildman–Crippen MR) is 135 cm³/mol. The quantitative estimate of drug-likeness (QED) is 0.529. The third-order valence-electron chi connectivity index (χ3n) is 8.53. The fraction of sp³-hybridized carbons (Fsp3) is 0.607. The zero-order chi connectivity index (χ0) is 27.1. The number of carbonyl (C=O) groups is 1. The van der Waals surface area contributed by atoms with Gasteiger partial charge in [0.15, 0.2) is 0 Å². The molecule has 2 fully saturated rings. The number of likely N-dealkylation sites (tertiary alicyclic amines) is 1. The van der Waals surface area contributed by atoms with Gasteiger partial charge in [0.1, 0.15) is 11.9 Å². The van der Waals surface area contributed by atoms with Crippen LogP contribution in [0.4, 0.5) is 13.2 Å². The van der Waals surface area contributed by atoms with Gasteiger partial charge in [-0.3, -0.25) is 24.4 Å². The summed E-state index contributed by atoms with van der Waals surface area (Å²) in [5.74, 6) is 0.0493. The molecule has 4 aliphatic rings. The highest BCUT2D eigenvalue weighted by Crippen LogP contribution is 2.37. The van der Waals surface area contributed by atoms with Gasteiger partial charge in [0.2, 0.25) is 0 Å². The minimum absolute atomic E-state index is 0.0161. The van der Waals surface area contributed by atoms with Crippen LogP contribution in [-0.4, -0.2) is 76.7 Å². The lowest BCUT2D eigenvalue weighted by Crippen LogP contribution is -2.42. The Morgan fingerprint density at radius 3 is 2.85 bits per heavy atom. The van der Waals surface area contributed by atoms with Crippen molar-refractivity contribution in [2.24, 2.45) is 5.92 Å². The van der Waals surface area contributed by atoms with E-state index in [0.29, 0.717) is 31.7 Å². The minimum atomic E-state index is -4.59. The number of pyridine rings is 2. The lowest BCUT2D eigenvalue weighted by Gasteiger charge is -2.30. The summed E-state index contributed by atoms with van der Waals surface area (Å²) < 4.78 is 53.3. The Morgan fingerprint density at radius 2 is 2.05 bits per heavy atom. The summed E-state index contributed by atoms with van der Waals surface area (Å²) in [7, 11) is 0. The maximum Gasteiger partial charge on any atom is 0.416 e. The van der Waals surface area contributed by atoms with Crippen LogP contribution >= 0.6 is 0 Å². The molecule has 4 atom stereocenters. The third-order valence-corrected chi connectivity index (χ3v) is 8.53. The molecular weight excluding hydrogens is 513 g/mol. The summed E-state index contributed by atoms with van der Waals surface area (Å²) in [6, 6.07) is 6.02. The first-order valence-corrected chi connectivity index (χ1v) is 13.7. The van der Waals surface area contributed by atoms with E-state index in [-0.39, 0.29) is 49.2 Å². The first-order valence-electron chi connectivity index (χ1n) is 13.7. The highest BCUT2D eigenvalue weighted by atomic mass is 19.4. The van der Waals surface area contributed by atoms with Crippen LogP contribution in [0.25, 0.3) is 0 Å². The summed E-state index contributed by atoms with van der Waals surface area (Å²) in [6.45, 7) is 3.88. The van der Waals surface area contributed by atoms with Crippen LogP contribution in [0, 0.1) is 5.92 Å². The van der Waals surface area contributed by atoms with Crippen LogP contribution in [0.5, 0.6) is 0 Å². The van der Waals surface area contributed by atoms with E-state index in [1.165, 1.54) is 10.1 Å². The van der Waals surface area contributed by atoms with Crippen LogP contribution in [0.2, 0.25) is 0 Å². The molecule has 8 nitrogen and oxygen atoms in total. The molecule has 39 heavy (non-hydrogen) atoms. The summed E-state index contributed by atoms with van der Waals surface area (Å²) in [5.41, 5.74) is 0.890. The van der Waals surface area contributed by atoms with E-state index < -0.39 is 17.3 Å². The molecule has 0 saturated carbocycles. The molecule has 0 aromatic carbocycles. The SMILES string of the molecule is O=C(CC1CN(C2CCOC2)C[C@@H]1OC1CCc2cccnc21)CN1CCn2c(cc(C(F)(F)F)cc2=O)C1. The van der Waals surface area contributed by atoms with E-state index in [9.17, 15) is 22.8 Å². The fourth-order valence-electron chi connectivity index (χ4n) is 6.54. The van der Waals surface area contributed by atoms with Crippen molar-refractivity contribution < 1.29 is 27.4 Å². The number of fused-ring (bicyclic) bond motifs is 2. The Kier molecular flexibility index (Phi) is 7.34. The molecule has 5 heterocycles. The molecule has 2 aromatic rings. The number of aryl methyl sites for hydroxylation is 1. The van der Waals surface area contributed by atoms with E-state index in [2.05, 4.69) is 16.0 Å². The van der Waals surface area contributed by atoms with Crippen LogP contribution < -0.4 is 5.56 Å². The molecule has 0 amide bonds. The Bertz CT molecular complexity index is 1280. The second-order valence-electron chi connectivity index (χ2n) is 11.2. The van der Waals surface area contributed by atoms with Crippen LogP contribution in [0.1, 0.15) is 47.9 Å². The summed E-state index contributed by atoms with van der Waals surface area (Å²) in [5, 5.41) is 0. The number of hydrogen-bond donors (Lipinski definition) is 0. The number of nitrogens with zero attached hydrogens (tertiary/aromatic N) is 4. The van der Waals surface area contributed by atoms with Crippen molar-refractivity contribution in [1.82, 2.24) is 19.4 Å². The van der Waals surface area contributed by atoms with E-state index in [1.807, 2.05) is 11.0 Å². The molecule has 3 aliphatic heterocycles. The van der Waals surface area contributed by atoms with Gasteiger partial charge in [0.05, 0.1) is 30.5 Å². The van der Waals surface area contributed by atoms with Crippen LogP contribution in [0.3, 0.4) is 0 Å². The van der Waals surface area contributed by atoms with Crippen molar-refractivity contribution in [1.29, 1.82) is 0 Å². The zero-order valence-corrected chi connectivity index (χ0v) is 21.7. The molecule has 0 N–H and O–H groups in total. The standard InChI is InChI=1S/C28H33F3N4O4/c29-28(30,31)20-11-22-14-33(7-8-35(22)26(37)12-20)15-23(36)10-19-13-34(21-5-9-38-17-21)16-25(19)39-24-4-3-18-2-1-6-32-27(18)24/h1-2,6,11-12,19,21,24-25H,3-5,7-10,13-17H2/t19?,21?,24?,25-/m0/s1. The van der Waals surface area contributed by atoms with Gasteiger partial charge < -0.3 is 14.0 Å². The van der Waals surface area contributed by atoms with Crippen molar-refractivity contribution in [3.63, 3.8) is 0 Å². The van der Waals surface area contributed by atoms with Gasteiger partial charge >= 0.3 is 6.18 Å². The average Bonchev–Trinajstić information content (AvgIpc) is 3.65. The van der Waals surface area contributed by atoms with Gasteiger partial charge in [-0.15, -0.1) is 0 Å². The van der Waals surface area contributed by atoms with Gasteiger partial charge in [0, 0.05) is 75.7 Å². The second-order valence-corrected chi connectivity index (χ2v) is 11.2. The number of aromatic nitrogens is 2.